The number of rotatable bonds is 8. The minimum Gasteiger partial charge on any atom is -0.465 e. The highest BCUT2D eigenvalue weighted by molar-refractivity contribution is 5.65. The van der Waals surface area contributed by atoms with Crippen LogP contribution in [0.3, 0.4) is 0 Å². The van der Waals surface area contributed by atoms with Crippen molar-refractivity contribution in [1.82, 2.24) is 10.3 Å². The van der Waals surface area contributed by atoms with Crippen LogP contribution in [0.4, 0.5) is 16.3 Å². The first-order chi connectivity index (χ1) is 11.5. The van der Waals surface area contributed by atoms with Crippen LogP contribution in [0.5, 0.6) is 0 Å². The van der Waals surface area contributed by atoms with Gasteiger partial charge in [-0.3, -0.25) is 0 Å². The van der Waals surface area contributed by atoms with Crippen molar-refractivity contribution in [2.24, 2.45) is 11.8 Å². The molecular weight excluding hydrogens is 304 g/mol. The second-order valence-electron chi connectivity index (χ2n) is 6.89. The van der Waals surface area contributed by atoms with E-state index in [1.165, 1.54) is 0 Å². The normalized spacial score (nSPS) is 18.7. The van der Waals surface area contributed by atoms with E-state index in [0.29, 0.717) is 5.92 Å². The Hall–Kier alpha value is -1.98. The van der Waals surface area contributed by atoms with Crippen LogP contribution in [0, 0.1) is 11.8 Å². The summed E-state index contributed by atoms with van der Waals surface area (Å²) in [7, 11) is 0. The molecule has 0 bridgehead atoms. The zero-order valence-corrected chi connectivity index (χ0v) is 15.0. The number of hydrogen-bond acceptors (Lipinski definition) is 4. The minimum atomic E-state index is -0.932. The molecule has 0 spiro atoms. The van der Waals surface area contributed by atoms with E-state index in [2.05, 4.69) is 47.4 Å². The highest BCUT2D eigenvalue weighted by Crippen LogP contribution is 2.29. The fourth-order valence-electron chi connectivity index (χ4n) is 3.39. The van der Waals surface area contributed by atoms with Crippen LogP contribution in [0.15, 0.2) is 18.3 Å². The van der Waals surface area contributed by atoms with Crippen LogP contribution >= 0.6 is 0 Å². The Kier molecular flexibility index (Phi) is 6.70. The third-order valence-electron chi connectivity index (χ3n) is 4.69. The fourth-order valence-corrected chi connectivity index (χ4v) is 3.39. The summed E-state index contributed by atoms with van der Waals surface area (Å²) in [6.07, 6.45) is 4.21. The SMILES string of the molecule is CCCCNc1cc(N2CCC([C@H](NC(=O)O)C(C)C)C2)ccn1. The van der Waals surface area contributed by atoms with Crippen molar-refractivity contribution < 1.29 is 9.90 Å². The molecule has 2 rings (SSSR count). The van der Waals surface area contributed by atoms with Gasteiger partial charge in [0.1, 0.15) is 5.82 Å². The van der Waals surface area contributed by atoms with E-state index in [1.54, 1.807) is 0 Å². The Morgan fingerprint density at radius 3 is 2.96 bits per heavy atom. The van der Waals surface area contributed by atoms with E-state index in [1.807, 2.05) is 12.3 Å². The first-order valence-electron chi connectivity index (χ1n) is 8.95. The Balaban J connectivity index is 1.99. The van der Waals surface area contributed by atoms with E-state index in [4.69, 9.17) is 5.11 Å². The molecule has 0 saturated carbocycles. The van der Waals surface area contributed by atoms with E-state index in [-0.39, 0.29) is 12.0 Å². The van der Waals surface area contributed by atoms with Crippen molar-refractivity contribution in [2.75, 3.05) is 29.9 Å². The van der Waals surface area contributed by atoms with Crippen LogP contribution < -0.4 is 15.5 Å². The molecule has 1 fully saturated rings. The van der Waals surface area contributed by atoms with Crippen LogP contribution in [0.1, 0.15) is 40.0 Å². The van der Waals surface area contributed by atoms with E-state index >= 15 is 0 Å². The molecule has 2 atom stereocenters. The average Bonchev–Trinajstić information content (AvgIpc) is 3.02. The number of carbonyl (C=O) groups is 1. The predicted molar refractivity (Wildman–Crippen MR) is 97.7 cm³/mol. The molecular formula is C18H30N4O2. The molecule has 1 aliphatic rings. The van der Waals surface area contributed by atoms with Gasteiger partial charge in [-0.2, -0.15) is 0 Å². The summed E-state index contributed by atoms with van der Waals surface area (Å²) in [5.41, 5.74) is 1.16. The Morgan fingerprint density at radius 2 is 2.29 bits per heavy atom. The molecule has 2 heterocycles. The van der Waals surface area contributed by atoms with Crippen molar-refractivity contribution in [2.45, 2.75) is 46.1 Å². The molecule has 1 unspecified atom stereocenters. The maximum absolute atomic E-state index is 11.1. The minimum absolute atomic E-state index is 0.00325. The fraction of sp³-hybridized carbons (Fsp3) is 0.667. The zero-order chi connectivity index (χ0) is 17.5. The Labute approximate surface area is 144 Å². The molecule has 1 aliphatic heterocycles. The Bertz CT molecular complexity index is 536. The molecule has 0 radical (unpaired) electrons. The molecule has 1 aromatic rings. The first-order valence-corrected chi connectivity index (χ1v) is 8.95. The van der Waals surface area contributed by atoms with Crippen LogP contribution in [-0.4, -0.2) is 41.9 Å². The number of anilines is 2. The maximum Gasteiger partial charge on any atom is 0.404 e. The van der Waals surface area contributed by atoms with Crippen LogP contribution in [-0.2, 0) is 0 Å². The van der Waals surface area contributed by atoms with Gasteiger partial charge < -0.3 is 20.6 Å². The molecule has 0 aromatic carbocycles. The van der Waals surface area contributed by atoms with Crippen molar-refractivity contribution >= 4 is 17.6 Å². The lowest BCUT2D eigenvalue weighted by Gasteiger charge is -2.27. The number of hydrogen-bond donors (Lipinski definition) is 3. The number of pyridine rings is 1. The van der Waals surface area contributed by atoms with Gasteiger partial charge in [-0.05, 0) is 30.7 Å². The number of aromatic nitrogens is 1. The van der Waals surface area contributed by atoms with Crippen LogP contribution in [0.25, 0.3) is 0 Å². The van der Waals surface area contributed by atoms with Gasteiger partial charge in [0.25, 0.3) is 0 Å². The van der Waals surface area contributed by atoms with Gasteiger partial charge in [0, 0.05) is 43.6 Å². The smallest absolute Gasteiger partial charge is 0.404 e. The van der Waals surface area contributed by atoms with Crippen molar-refractivity contribution in [3.63, 3.8) is 0 Å². The summed E-state index contributed by atoms with van der Waals surface area (Å²) < 4.78 is 0. The molecule has 24 heavy (non-hydrogen) atoms. The highest BCUT2D eigenvalue weighted by atomic mass is 16.4. The van der Waals surface area contributed by atoms with Gasteiger partial charge >= 0.3 is 6.09 Å². The number of nitrogens with zero attached hydrogens (tertiary/aromatic N) is 2. The molecule has 1 amide bonds. The van der Waals surface area contributed by atoms with Crippen LogP contribution in [0.2, 0.25) is 0 Å². The average molecular weight is 334 g/mol. The van der Waals surface area contributed by atoms with E-state index < -0.39 is 6.09 Å². The molecule has 0 aliphatic carbocycles. The van der Waals surface area contributed by atoms with Gasteiger partial charge in [-0.15, -0.1) is 0 Å². The predicted octanol–water partition coefficient (Wildman–Crippen LogP) is 3.41. The quantitative estimate of drug-likeness (QED) is 0.635. The summed E-state index contributed by atoms with van der Waals surface area (Å²) in [6, 6.07) is 4.12. The number of nitrogens with one attached hydrogen (secondary N) is 2. The third kappa shape index (κ3) is 5.01. The molecule has 1 saturated heterocycles. The van der Waals surface area contributed by atoms with Crippen molar-refractivity contribution in [3.05, 3.63) is 18.3 Å². The standard InChI is InChI=1S/C18H30N4O2/c1-4-5-8-19-16-11-15(6-9-20-16)22-10-7-14(12-22)17(13(2)3)21-18(23)24/h6,9,11,13-14,17,21H,4-5,7-8,10,12H2,1-3H3,(H,19,20)(H,23,24)/t14?,17-/m1/s1. The molecule has 6 nitrogen and oxygen atoms in total. The van der Waals surface area contributed by atoms with E-state index in [9.17, 15) is 4.79 Å². The number of carboxylic acid groups (broad SMARTS) is 1. The van der Waals surface area contributed by atoms with Gasteiger partial charge in [-0.25, -0.2) is 9.78 Å². The highest BCUT2D eigenvalue weighted by Gasteiger charge is 2.32. The molecule has 134 valence electrons. The Morgan fingerprint density at radius 1 is 1.50 bits per heavy atom. The second-order valence-corrected chi connectivity index (χ2v) is 6.89. The molecule has 1 aromatic heterocycles. The summed E-state index contributed by atoms with van der Waals surface area (Å²) in [5.74, 6) is 1.54. The molecule has 6 heteroatoms. The van der Waals surface area contributed by atoms with Gasteiger partial charge in [0.15, 0.2) is 0 Å². The van der Waals surface area contributed by atoms with Gasteiger partial charge in [-0.1, -0.05) is 27.2 Å². The second kappa shape index (κ2) is 8.76. The number of amides is 1. The largest absolute Gasteiger partial charge is 0.465 e. The lowest BCUT2D eigenvalue weighted by molar-refractivity contribution is 0.178. The summed E-state index contributed by atoms with van der Waals surface area (Å²) in [4.78, 5) is 17.8. The summed E-state index contributed by atoms with van der Waals surface area (Å²) in [6.45, 7) is 9.09. The van der Waals surface area contributed by atoms with Crippen molar-refractivity contribution in [1.29, 1.82) is 0 Å². The maximum atomic E-state index is 11.1. The lowest BCUT2D eigenvalue weighted by Crippen LogP contribution is -2.44. The summed E-state index contributed by atoms with van der Waals surface area (Å²) >= 11 is 0. The first kappa shape index (κ1) is 18.4. The molecule has 3 N–H and O–H groups in total. The lowest BCUT2D eigenvalue weighted by atomic mass is 9.90. The monoisotopic (exact) mass is 334 g/mol. The number of unbranched alkanes of at least 4 members (excludes halogenated alkanes) is 1. The summed E-state index contributed by atoms with van der Waals surface area (Å²) in [5, 5.41) is 15.1. The van der Waals surface area contributed by atoms with Gasteiger partial charge in [0.2, 0.25) is 0 Å². The third-order valence-corrected chi connectivity index (χ3v) is 4.69. The topological polar surface area (TPSA) is 77.5 Å². The van der Waals surface area contributed by atoms with Crippen molar-refractivity contribution in [3.8, 4) is 0 Å². The zero-order valence-electron chi connectivity index (χ0n) is 15.0. The van der Waals surface area contributed by atoms with E-state index in [0.717, 1.165) is 50.4 Å². The van der Waals surface area contributed by atoms with Gasteiger partial charge in [0.05, 0.1) is 0 Å².